The van der Waals surface area contributed by atoms with E-state index in [1.165, 1.54) is 11.3 Å². The summed E-state index contributed by atoms with van der Waals surface area (Å²) < 4.78 is 4.98. The minimum Gasteiger partial charge on any atom is -0.462 e. The van der Waals surface area contributed by atoms with E-state index >= 15 is 0 Å². The van der Waals surface area contributed by atoms with Crippen LogP contribution in [0.25, 0.3) is 0 Å². The van der Waals surface area contributed by atoms with Gasteiger partial charge in [-0.15, -0.1) is 11.3 Å². The van der Waals surface area contributed by atoms with Crippen molar-refractivity contribution in [3.05, 3.63) is 21.9 Å². The van der Waals surface area contributed by atoms with Gasteiger partial charge in [-0.25, -0.2) is 4.79 Å². The van der Waals surface area contributed by atoms with Crippen molar-refractivity contribution in [2.45, 2.75) is 27.2 Å². The first-order valence-corrected chi connectivity index (χ1v) is 5.76. The fraction of sp³-hybridized carbons (Fsp3) is 0.545. The van der Waals surface area contributed by atoms with Gasteiger partial charge in [0.05, 0.1) is 6.61 Å². The second-order valence-corrected chi connectivity index (χ2v) is 4.51. The molecule has 1 rings (SSSR count). The lowest BCUT2D eigenvalue weighted by Crippen LogP contribution is -2.06. The molecule has 0 N–H and O–H groups in total. The third kappa shape index (κ3) is 2.84. The van der Waals surface area contributed by atoms with Gasteiger partial charge in [0.25, 0.3) is 0 Å². The summed E-state index contributed by atoms with van der Waals surface area (Å²) in [4.78, 5) is 12.3. The van der Waals surface area contributed by atoms with Crippen LogP contribution in [0.15, 0.2) is 11.4 Å². The van der Waals surface area contributed by atoms with Crippen LogP contribution in [-0.4, -0.2) is 12.6 Å². The van der Waals surface area contributed by atoms with E-state index in [0.29, 0.717) is 12.5 Å². The molecule has 1 heterocycles. The molecule has 0 atom stereocenters. The maximum Gasteiger partial charge on any atom is 0.348 e. The van der Waals surface area contributed by atoms with Crippen LogP contribution in [0.3, 0.4) is 0 Å². The van der Waals surface area contributed by atoms with Crippen molar-refractivity contribution in [2.24, 2.45) is 5.92 Å². The van der Waals surface area contributed by atoms with Crippen molar-refractivity contribution in [3.8, 4) is 0 Å². The van der Waals surface area contributed by atoms with E-state index in [9.17, 15) is 4.79 Å². The van der Waals surface area contributed by atoms with Crippen LogP contribution in [0.5, 0.6) is 0 Å². The van der Waals surface area contributed by atoms with Crippen LogP contribution in [0.2, 0.25) is 0 Å². The zero-order valence-corrected chi connectivity index (χ0v) is 9.69. The maximum atomic E-state index is 11.5. The number of ether oxygens (including phenoxy) is 1. The van der Waals surface area contributed by atoms with Gasteiger partial charge in [-0.2, -0.15) is 0 Å². The predicted molar refractivity (Wildman–Crippen MR) is 58.8 cm³/mol. The van der Waals surface area contributed by atoms with E-state index in [2.05, 4.69) is 13.8 Å². The molecule has 0 spiro atoms. The van der Waals surface area contributed by atoms with Gasteiger partial charge in [-0.3, -0.25) is 0 Å². The Bertz CT molecular complexity index is 302. The molecule has 0 aliphatic carbocycles. The van der Waals surface area contributed by atoms with Crippen LogP contribution in [0.4, 0.5) is 0 Å². The van der Waals surface area contributed by atoms with Gasteiger partial charge in [0.2, 0.25) is 0 Å². The largest absolute Gasteiger partial charge is 0.462 e. The second-order valence-electron chi connectivity index (χ2n) is 3.59. The summed E-state index contributed by atoms with van der Waals surface area (Å²) in [6.07, 6.45) is 0.942. The Morgan fingerprint density at radius 3 is 2.86 bits per heavy atom. The summed E-state index contributed by atoms with van der Waals surface area (Å²) in [6.45, 7) is 6.56. The maximum absolute atomic E-state index is 11.5. The molecule has 78 valence electrons. The second kappa shape index (κ2) is 5.15. The van der Waals surface area contributed by atoms with Crippen molar-refractivity contribution in [1.29, 1.82) is 0 Å². The molecule has 1 aromatic rings. The zero-order valence-electron chi connectivity index (χ0n) is 8.87. The van der Waals surface area contributed by atoms with E-state index in [0.717, 1.165) is 16.9 Å². The van der Waals surface area contributed by atoms with Gasteiger partial charge in [0, 0.05) is 0 Å². The van der Waals surface area contributed by atoms with Crippen LogP contribution < -0.4 is 0 Å². The predicted octanol–water partition coefficient (Wildman–Crippen LogP) is 3.12. The molecule has 0 radical (unpaired) electrons. The van der Waals surface area contributed by atoms with Gasteiger partial charge in [-0.05, 0) is 36.3 Å². The lowest BCUT2D eigenvalue weighted by molar-refractivity contribution is 0.0531. The Balaban J connectivity index is 2.76. The molecule has 0 aromatic carbocycles. The molecule has 0 aliphatic heterocycles. The summed E-state index contributed by atoms with van der Waals surface area (Å²) in [5.74, 6) is 0.385. The van der Waals surface area contributed by atoms with Crippen LogP contribution >= 0.6 is 11.3 Å². The fourth-order valence-corrected chi connectivity index (χ4v) is 2.14. The van der Waals surface area contributed by atoms with Gasteiger partial charge >= 0.3 is 5.97 Å². The quantitative estimate of drug-likeness (QED) is 0.717. The lowest BCUT2D eigenvalue weighted by atomic mass is 10.0. The van der Waals surface area contributed by atoms with Gasteiger partial charge in [0.15, 0.2) is 0 Å². The smallest absolute Gasteiger partial charge is 0.348 e. The average Bonchev–Trinajstić information content (AvgIpc) is 2.51. The molecule has 1 aromatic heterocycles. The molecular weight excluding hydrogens is 196 g/mol. The van der Waals surface area contributed by atoms with Crippen LogP contribution in [0, 0.1) is 5.92 Å². The molecule has 0 fully saturated rings. The summed E-state index contributed by atoms with van der Waals surface area (Å²) in [5, 5.41) is 1.95. The summed E-state index contributed by atoms with van der Waals surface area (Å²) in [7, 11) is 0. The molecular formula is C11H16O2S. The summed E-state index contributed by atoms with van der Waals surface area (Å²) in [5.41, 5.74) is 1.11. The Kier molecular flexibility index (Phi) is 4.14. The van der Waals surface area contributed by atoms with Crippen molar-refractivity contribution in [2.75, 3.05) is 6.61 Å². The summed E-state index contributed by atoms with van der Waals surface area (Å²) in [6, 6.07) is 2.01. The Labute approximate surface area is 88.9 Å². The molecule has 0 unspecified atom stereocenters. The average molecular weight is 212 g/mol. The number of carbonyl (C=O) groups is 1. The van der Waals surface area contributed by atoms with E-state index in [4.69, 9.17) is 4.74 Å². The first-order chi connectivity index (χ1) is 6.65. The summed E-state index contributed by atoms with van der Waals surface area (Å²) >= 11 is 1.47. The SMILES string of the molecule is CCOC(=O)c1sccc1CC(C)C. The highest BCUT2D eigenvalue weighted by atomic mass is 32.1. The third-order valence-electron chi connectivity index (χ3n) is 1.84. The highest BCUT2D eigenvalue weighted by Crippen LogP contribution is 2.20. The molecule has 0 amide bonds. The Morgan fingerprint density at radius 2 is 2.29 bits per heavy atom. The molecule has 2 nitrogen and oxygen atoms in total. The fourth-order valence-electron chi connectivity index (χ4n) is 1.31. The lowest BCUT2D eigenvalue weighted by Gasteiger charge is -2.05. The molecule has 0 aliphatic rings. The van der Waals surface area contributed by atoms with Crippen LogP contribution in [0.1, 0.15) is 36.0 Å². The van der Waals surface area contributed by atoms with Crippen molar-refractivity contribution in [1.82, 2.24) is 0 Å². The Hall–Kier alpha value is -0.830. The minimum atomic E-state index is -0.182. The Morgan fingerprint density at radius 1 is 1.57 bits per heavy atom. The molecule has 0 saturated heterocycles. The standard InChI is InChI=1S/C11H16O2S/c1-4-13-11(12)10-9(5-6-14-10)7-8(2)3/h5-6,8H,4,7H2,1-3H3. The van der Waals surface area contributed by atoms with Crippen LogP contribution in [-0.2, 0) is 11.2 Å². The topological polar surface area (TPSA) is 26.3 Å². The van der Waals surface area contributed by atoms with Crippen molar-refractivity contribution < 1.29 is 9.53 Å². The van der Waals surface area contributed by atoms with Gasteiger partial charge in [-0.1, -0.05) is 13.8 Å². The molecule has 0 saturated carbocycles. The first-order valence-electron chi connectivity index (χ1n) is 4.88. The number of hydrogen-bond donors (Lipinski definition) is 0. The van der Waals surface area contributed by atoms with E-state index in [1.807, 2.05) is 18.4 Å². The number of hydrogen-bond acceptors (Lipinski definition) is 3. The van der Waals surface area contributed by atoms with Gasteiger partial charge < -0.3 is 4.74 Å². The van der Waals surface area contributed by atoms with E-state index in [-0.39, 0.29) is 5.97 Å². The number of esters is 1. The minimum absolute atomic E-state index is 0.182. The van der Waals surface area contributed by atoms with Gasteiger partial charge in [0.1, 0.15) is 4.88 Å². The molecule has 14 heavy (non-hydrogen) atoms. The van der Waals surface area contributed by atoms with E-state index in [1.54, 1.807) is 0 Å². The number of carbonyl (C=O) groups excluding carboxylic acids is 1. The number of thiophene rings is 1. The third-order valence-corrected chi connectivity index (χ3v) is 2.77. The normalized spacial score (nSPS) is 10.6. The molecule has 3 heteroatoms. The zero-order chi connectivity index (χ0) is 10.6. The first kappa shape index (κ1) is 11.2. The number of rotatable bonds is 4. The monoisotopic (exact) mass is 212 g/mol. The molecule has 0 bridgehead atoms. The van der Waals surface area contributed by atoms with Crippen molar-refractivity contribution in [3.63, 3.8) is 0 Å². The van der Waals surface area contributed by atoms with Crippen molar-refractivity contribution >= 4 is 17.3 Å². The van der Waals surface area contributed by atoms with E-state index < -0.39 is 0 Å². The highest BCUT2D eigenvalue weighted by Gasteiger charge is 2.14. The highest BCUT2D eigenvalue weighted by molar-refractivity contribution is 7.12.